The second-order valence-electron chi connectivity index (χ2n) is 5.96. The van der Waals surface area contributed by atoms with Crippen LogP contribution >= 0.6 is 0 Å². The van der Waals surface area contributed by atoms with E-state index in [1.807, 2.05) is 49.2 Å². The van der Waals surface area contributed by atoms with Gasteiger partial charge in [-0.3, -0.25) is 15.0 Å². The maximum atomic E-state index is 11.5. The lowest BCUT2D eigenvalue weighted by Gasteiger charge is -2.38. The number of fused-ring (bicyclic) bond motifs is 2. The molecule has 0 fully saturated rings. The molecule has 2 aliphatic heterocycles. The summed E-state index contributed by atoms with van der Waals surface area (Å²) in [5.74, 6) is -0.0118. The molecule has 0 bridgehead atoms. The quantitative estimate of drug-likeness (QED) is 0.614. The zero-order valence-electron chi connectivity index (χ0n) is 14.0. The molecule has 1 atom stereocenters. The number of nitro benzene ring substituents is 1. The molecule has 2 aromatic rings. The van der Waals surface area contributed by atoms with Crippen molar-refractivity contribution in [3.8, 4) is 17.2 Å². The van der Waals surface area contributed by atoms with Gasteiger partial charge in [0.1, 0.15) is 11.5 Å². The van der Waals surface area contributed by atoms with Crippen LogP contribution in [0.5, 0.6) is 17.2 Å². The van der Waals surface area contributed by atoms with Crippen molar-refractivity contribution in [3.63, 3.8) is 0 Å². The molecule has 7 heteroatoms. The largest absolute Gasteiger partial charge is 0.496 e. The monoisotopic (exact) mass is 340 g/mol. The Balaban J connectivity index is 1.88. The van der Waals surface area contributed by atoms with Gasteiger partial charge >= 0.3 is 11.6 Å². The molecule has 0 aliphatic carbocycles. The third kappa shape index (κ3) is 2.05. The zero-order valence-corrected chi connectivity index (χ0v) is 14.0. The number of likely N-dealkylation sites (N-methyl/N-ethyl adjacent to an activating group) is 1. The molecule has 7 nitrogen and oxygen atoms in total. The Morgan fingerprint density at radius 1 is 1.24 bits per heavy atom. The Kier molecular flexibility index (Phi) is 3.15. The lowest BCUT2D eigenvalue weighted by atomic mass is 10.0. The van der Waals surface area contributed by atoms with E-state index in [1.54, 1.807) is 6.07 Å². The Bertz CT molecular complexity index is 924. The fraction of sp³-hybridized carbons (Fsp3) is 0.222. The van der Waals surface area contributed by atoms with Gasteiger partial charge in [0.15, 0.2) is 0 Å². The van der Waals surface area contributed by atoms with E-state index in [0.717, 1.165) is 11.3 Å². The minimum Gasteiger partial charge on any atom is -0.496 e. The summed E-state index contributed by atoms with van der Waals surface area (Å²) >= 11 is 0. The number of methoxy groups -OCH3 is 1. The van der Waals surface area contributed by atoms with Crippen LogP contribution in [-0.2, 0) is 0 Å². The number of hydrogen-bond donors (Lipinski definition) is 0. The standard InChI is InChI=1S/C18H16N2O5/c1-11-8-12-9-13(23-3)10-15(20(21)22)17(12)25-18(11)19(2)14-6-4-5-7-16(14)24-18/h4-10H,1-3H3. The minimum atomic E-state index is -1.24. The Labute approximate surface area is 144 Å². The topological polar surface area (TPSA) is 74.1 Å². The Morgan fingerprint density at radius 3 is 2.68 bits per heavy atom. The van der Waals surface area contributed by atoms with Gasteiger partial charge < -0.3 is 14.2 Å². The first-order chi connectivity index (χ1) is 12.0. The van der Waals surface area contributed by atoms with Gasteiger partial charge in [-0.05, 0) is 31.2 Å². The van der Waals surface area contributed by atoms with Crippen molar-refractivity contribution < 1.29 is 19.1 Å². The maximum absolute atomic E-state index is 11.5. The first-order valence-electron chi connectivity index (χ1n) is 7.72. The average Bonchev–Trinajstić information content (AvgIpc) is 2.88. The average molecular weight is 340 g/mol. The van der Waals surface area contributed by atoms with Crippen LogP contribution in [0.25, 0.3) is 6.08 Å². The second kappa shape index (κ2) is 5.14. The molecule has 0 saturated heterocycles. The van der Waals surface area contributed by atoms with Gasteiger partial charge in [0.05, 0.1) is 23.8 Å². The fourth-order valence-corrected chi connectivity index (χ4v) is 3.25. The summed E-state index contributed by atoms with van der Waals surface area (Å²) in [5, 5.41) is 11.5. The summed E-state index contributed by atoms with van der Waals surface area (Å²) in [6.45, 7) is 1.87. The summed E-state index contributed by atoms with van der Waals surface area (Å²) in [5.41, 5.74) is 2.06. The molecule has 2 aliphatic rings. The van der Waals surface area contributed by atoms with E-state index < -0.39 is 10.8 Å². The van der Waals surface area contributed by atoms with Crippen molar-refractivity contribution in [1.82, 2.24) is 0 Å². The predicted octanol–water partition coefficient (Wildman–Crippen LogP) is 3.58. The summed E-state index contributed by atoms with van der Waals surface area (Å²) in [7, 11) is 3.31. The number of anilines is 1. The highest BCUT2D eigenvalue weighted by Gasteiger charge is 2.51. The first-order valence-corrected chi connectivity index (χ1v) is 7.72. The third-order valence-corrected chi connectivity index (χ3v) is 4.53. The van der Waals surface area contributed by atoms with Crippen molar-refractivity contribution in [1.29, 1.82) is 0 Å². The molecular weight excluding hydrogens is 324 g/mol. The number of nitro groups is 1. The summed E-state index contributed by atoms with van der Waals surface area (Å²) in [6.07, 6.45) is 1.83. The van der Waals surface area contributed by atoms with Crippen molar-refractivity contribution in [2.75, 3.05) is 19.1 Å². The second-order valence-corrected chi connectivity index (χ2v) is 5.96. The van der Waals surface area contributed by atoms with Gasteiger partial charge in [0.25, 0.3) is 0 Å². The van der Waals surface area contributed by atoms with E-state index in [9.17, 15) is 10.1 Å². The Morgan fingerprint density at radius 2 is 2.00 bits per heavy atom. The predicted molar refractivity (Wildman–Crippen MR) is 92.1 cm³/mol. The molecule has 2 aromatic carbocycles. The van der Waals surface area contributed by atoms with E-state index in [-0.39, 0.29) is 11.4 Å². The Hall–Kier alpha value is -3.22. The number of para-hydroxylation sites is 2. The molecule has 0 amide bonds. The van der Waals surface area contributed by atoms with Gasteiger partial charge in [-0.1, -0.05) is 12.1 Å². The van der Waals surface area contributed by atoms with Gasteiger partial charge in [0.2, 0.25) is 5.75 Å². The van der Waals surface area contributed by atoms with E-state index in [2.05, 4.69) is 0 Å². The highest BCUT2D eigenvalue weighted by Crippen LogP contribution is 2.50. The fourth-order valence-electron chi connectivity index (χ4n) is 3.25. The molecule has 25 heavy (non-hydrogen) atoms. The van der Waals surface area contributed by atoms with E-state index in [4.69, 9.17) is 14.2 Å². The number of benzene rings is 2. The van der Waals surface area contributed by atoms with Crippen LogP contribution in [0, 0.1) is 10.1 Å². The number of ether oxygens (including phenoxy) is 3. The maximum Gasteiger partial charge on any atom is 0.363 e. The number of rotatable bonds is 2. The van der Waals surface area contributed by atoms with Crippen molar-refractivity contribution >= 4 is 17.5 Å². The van der Waals surface area contributed by atoms with Crippen LogP contribution in [0.15, 0.2) is 42.0 Å². The van der Waals surface area contributed by atoms with Crippen LogP contribution in [0.4, 0.5) is 11.4 Å². The van der Waals surface area contributed by atoms with Gasteiger partial charge in [-0.15, -0.1) is 0 Å². The smallest absolute Gasteiger partial charge is 0.363 e. The van der Waals surface area contributed by atoms with Crippen LogP contribution < -0.4 is 19.1 Å². The highest BCUT2D eigenvalue weighted by atomic mass is 16.7. The molecule has 128 valence electrons. The minimum absolute atomic E-state index is 0.162. The van der Waals surface area contributed by atoms with Crippen LogP contribution in [0.2, 0.25) is 0 Å². The number of nitrogens with zero attached hydrogens (tertiary/aromatic N) is 2. The van der Waals surface area contributed by atoms with Crippen LogP contribution in [0.3, 0.4) is 0 Å². The molecule has 1 unspecified atom stereocenters. The number of hydrogen-bond acceptors (Lipinski definition) is 6. The molecule has 4 rings (SSSR count). The van der Waals surface area contributed by atoms with Crippen LogP contribution in [-0.4, -0.2) is 25.0 Å². The molecule has 0 aromatic heterocycles. The van der Waals surface area contributed by atoms with Crippen molar-refractivity contribution in [3.05, 3.63) is 57.6 Å². The van der Waals surface area contributed by atoms with E-state index in [0.29, 0.717) is 17.1 Å². The van der Waals surface area contributed by atoms with Gasteiger partial charge in [-0.2, -0.15) is 0 Å². The molecule has 1 spiro atoms. The lowest BCUT2D eigenvalue weighted by molar-refractivity contribution is -0.386. The molecule has 0 radical (unpaired) electrons. The summed E-state index contributed by atoms with van der Waals surface area (Å²) < 4.78 is 17.4. The van der Waals surface area contributed by atoms with Crippen molar-refractivity contribution in [2.24, 2.45) is 0 Å². The lowest BCUT2D eigenvalue weighted by Crippen LogP contribution is -2.54. The zero-order chi connectivity index (χ0) is 17.8. The highest BCUT2D eigenvalue weighted by molar-refractivity contribution is 5.75. The molecule has 0 saturated carbocycles. The SMILES string of the molecule is COc1cc2c(c([N+](=O)[O-])c1)OC1(Oc3ccccc3N1C)C(C)=C2. The summed E-state index contributed by atoms with van der Waals surface area (Å²) in [6, 6.07) is 10.6. The summed E-state index contributed by atoms with van der Waals surface area (Å²) in [4.78, 5) is 12.9. The van der Waals surface area contributed by atoms with Gasteiger partial charge in [0, 0.05) is 18.2 Å². The van der Waals surface area contributed by atoms with E-state index >= 15 is 0 Å². The van der Waals surface area contributed by atoms with Crippen LogP contribution in [0.1, 0.15) is 12.5 Å². The molecule has 0 N–H and O–H groups in total. The molecule has 2 heterocycles. The van der Waals surface area contributed by atoms with Gasteiger partial charge in [-0.25, -0.2) is 0 Å². The normalized spacial score (nSPS) is 20.3. The molecular formula is C18H16N2O5. The van der Waals surface area contributed by atoms with E-state index in [1.165, 1.54) is 13.2 Å². The third-order valence-electron chi connectivity index (χ3n) is 4.53. The van der Waals surface area contributed by atoms with Crippen molar-refractivity contribution in [2.45, 2.75) is 12.8 Å². The first kappa shape index (κ1) is 15.3.